The SMILES string of the molecule is COc1ccc(NC(=O)C2Cc3cc(C)c(O)cc3CN2C(=O)OC(C)(C)C)cc1. The molecule has 0 aliphatic carbocycles. The predicted molar refractivity (Wildman–Crippen MR) is 114 cm³/mol. The molecule has 0 saturated heterocycles. The number of aryl methyl sites for hydroxylation is 1. The molecule has 1 atom stereocenters. The number of amides is 2. The number of nitrogens with one attached hydrogen (secondary N) is 1. The number of nitrogens with zero attached hydrogens (tertiary/aromatic N) is 1. The average molecular weight is 412 g/mol. The fraction of sp³-hybridized carbons (Fsp3) is 0.391. The van der Waals surface area contributed by atoms with Crippen molar-refractivity contribution in [3.8, 4) is 11.5 Å². The zero-order valence-electron chi connectivity index (χ0n) is 18.0. The van der Waals surface area contributed by atoms with Crippen LogP contribution in [-0.2, 0) is 22.5 Å². The van der Waals surface area contributed by atoms with Gasteiger partial charge in [-0.05, 0) is 74.7 Å². The Hall–Kier alpha value is -3.22. The molecule has 7 heteroatoms. The van der Waals surface area contributed by atoms with Crippen LogP contribution in [-0.4, -0.2) is 40.8 Å². The van der Waals surface area contributed by atoms with Crippen molar-refractivity contribution in [1.29, 1.82) is 0 Å². The van der Waals surface area contributed by atoms with E-state index in [1.807, 2.05) is 13.0 Å². The van der Waals surface area contributed by atoms with Gasteiger partial charge in [-0.1, -0.05) is 6.07 Å². The van der Waals surface area contributed by atoms with E-state index >= 15 is 0 Å². The molecule has 2 aromatic carbocycles. The lowest BCUT2D eigenvalue weighted by atomic mass is 9.92. The summed E-state index contributed by atoms with van der Waals surface area (Å²) >= 11 is 0. The number of carbonyl (C=O) groups excluding carboxylic acids is 2. The second-order valence-electron chi connectivity index (χ2n) is 8.45. The third-order valence-electron chi connectivity index (χ3n) is 4.94. The molecule has 1 heterocycles. The fourth-order valence-electron chi connectivity index (χ4n) is 3.40. The molecule has 0 aromatic heterocycles. The van der Waals surface area contributed by atoms with Crippen LogP contribution in [0.25, 0.3) is 0 Å². The summed E-state index contributed by atoms with van der Waals surface area (Å²) in [4.78, 5) is 27.4. The number of rotatable bonds is 3. The van der Waals surface area contributed by atoms with Crippen LogP contribution in [0.15, 0.2) is 36.4 Å². The Balaban J connectivity index is 1.89. The summed E-state index contributed by atoms with van der Waals surface area (Å²) in [6, 6.07) is 9.77. The lowest BCUT2D eigenvalue weighted by molar-refractivity contribution is -0.121. The van der Waals surface area contributed by atoms with Crippen molar-refractivity contribution in [2.45, 2.75) is 52.3 Å². The van der Waals surface area contributed by atoms with Crippen molar-refractivity contribution in [1.82, 2.24) is 4.90 Å². The van der Waals surface area contributed by atoms with Gasteiger partial charge in [0.15, 0.2) is 0 Å². The number of anilines is 1. The zero-order valence-corrected chi connectivity index (χ0v) is 18.0. The van der Waals surface area contributed by atoms with Gasteiger partial charge in [0.25, 0.3) is 0 Å². The monoisotopic (exact) mass is 412 g/mol. The highest BCUT2D eigenvalue weighted by Gasteiger charge is 2.37. The Morgan fingerprint density at radius 2 is 1.80 bits per heavy atom. The van der Waals surface area contributed by atoms with E-state index in [0.717, 1.165) is 16.7 Å². The number of methoxy groups -OCH3 is 1. The first-order valence-corrected chi connectivity index (χ1v) is 9.83. The Morgan fingerprint density at radius 3 is 2.40 bits per heavy atom. The van der Waals surface area contributed by atoms with Crippen LogP contribution in [0.3, 0.4) is 0 Å². The van der Waals surface area contributed by atoms with E-state index < -0.39 is 17.7 Å². The molecule has 0 fully saturated rings. The number of hydrogen-bond donors (Lipinski definition) is 2. The highest BCUT2D eigenvalue weighted by atomic mass is 16.6. The Labute approximate surface area is 176 Å². The highest BCUT2D eigenvalue weighted by Crippen LogP contribution is 2.31. The molecule has 160 valence electrons. The number of fused-ring (bicyclic) bond motifs is 1. The summed E-state index contributed by atoms with van der Waals surface area (Å²) in [6.07, 6.45) is -0.236. The number of carbonyl (C=O) groups is 2. The molecule has 2 N–H and O–H groups in total. The van der Waals surface area contributed by atoms with Crippen molar-refractivity contribution < 1.29 is 24.2 Å². The van der Waals surface area contributed by atoms with Crippen molar-refractivity contribution >= 4 is 17.7 Å². The van der Waals surface area contributed by atoms with Gasteiger partial charge in [-0.25, -0.2) is 4.79 Å². The molecule has 0 saturated carbocycles. The number of aromatic hydroxyl groups is 1. The van der Waals surface area contributed by atoms with E-state index in [1.54, 1.807) is 58.2 Å². The van der Waals surface area contributed by atoms with Gasteiger partial charge in [-0.3, -0.25) is 9.69 Å². The number of hydrogen-bond acceptors (Lipinski definition) is 5. The van der Waals surface area contributed by atoms with Crippen LogP contribution in [0.2, 0.25) is 0 Å². The van der Waals surface area contributed by atoms with E-state index in [1.165, 1.54) is 4.90 Å². The summed E-state index contributed by atoms with van der Waals surface area (Å²) < 4.78 is 10.7. The quantitative estimate of drug-likeness (QED) is 0.795. The number of ether oxygens (including phenoxy) is 2. The summed E-state index contributed by atoms with van der Waals surface area (Å²) in [5, 5.41) is 12.9. The van der Waals surface area contributed by atoms with Crippen LogP contribution in [0, 0.1) is 6.92 Å². The maximum absolute atomic E-state index is 13.1. The van der Waals surface area contributed by atoms with E-state index in [-0.39, 0.29) is 18.2 Å². The maximum Gasteiger partial charge on any atom is 0.411 e. The largest absolute Gasteiger partial charge is 0.508 e. The van der Waals surface area contributed by atoms with E-state index in [9.17, 15) is 14.7 Å². The normalized spacial score (nSPS) is 15.9. The van der Waals surface area contributed by atoms with Gasteiger partial charge in [0.05, 0.1) is 13.7 Å². The van der Waals surface area contributed by atoms with Crippen molar-refractivity contribution in [3.63, 3.8) is 0 Å². The van der Waals surface area contributed by atoms with Gasteiger partial charge in [0.2, 0.25) is 5.91 Å². The van der Waals surface area contributed by atoms with Crippen LogP contribution in [0.5, 0.6) is 11.5 Å². The van der Waals surface area contributed by atoms with E-state index in [0.29, 0.717) is 17.9 Å². The van der Waals surface area contributed by atoms with Crippen LogP contribution >= 0.6 is 0 Å². The number of phenolic OH excluding ortho intramolecular Hbond substituents is 1. The Morgan fingerprint density at radius 1 is 1.13 bits per heavy atom. The molecule has 3 rings (SSSR count). The van der Waals surface area contributed by atoms with Gasteiger partial charge in [0.1, 0.15) is 23.1 Å². The van der Waals surface area contributed by atoms with Gasteiger partial charge in [0, 0.05) is 12.1 Å². The second-order valence-corrected chi connectivity index (χ2v) is 8.45. The number of benzene rings is 2. The van der Waals surface area contributed by atoms with Crippen molar-refractivity contribution in [2.24, 2.45) is 0 Å². The van der Waals surface area contributed by atoms with Gasteiger partial charge in [-0.15, -0.1) is 0 Å². The molecule has 2 aromatic rings. The molecule has 1 unspecified atom stereocenters. The molecular formula is C23H28N2O5. The zero-order chi connectivity index (χ0) is 22.1. The smallest absolute Gasteiger partial charge is 0.411 e. The lowest BCUT2D eigenvalue weighted by Crippen LogP contribution is -2.52. The van der Waals surface area contributed by atoms with Gasteiger partial charge >= 0.3 is 6.09 Å². The fourth-order valence-corrected chi connectivity index (χ4v) is 3.40. The highest BCUT2D eigenvalue weighted by molar-refractivity contribution is 5.97. The van der Waals surface area contributed by atoms with E-state index in [2.05, 4.69) is 5.32 Å². The summed E-state index contributed by atoms with van der Waals surface area (Å²) in [6.45, 7) is 7.33. The first-order valence-electron chi connectivity index (χ1n) is 9.83. The number of phenols is 1. The molecule has 0 radical (unpaired) electrons. The maximum atomic E-state index is 13.1. The minimum Gasteiger partial charge on any atom is -0.508 e. The van der Waals surface area contributed by atoms with Crippen molar-refractivity contribution in [3.05, 3.63) is 53.1 Å². The molecule has 1 aliphatic rings. The topological polar surface area (TPSA) is 88.1 Å². The lowest BCUT2D eigenvalue weighted by Gasteiger charge is -2.37. The van der Waals surface area contributed by atoms with Gasteiger partial charge < -0.3 is 19.9 Å². The molecule has 0 spiro atoms. The minimum atomic E-state index is -0.738. The van der Waals surface area contributed by atoms with Crippen molar-refractivity contribution in [2.75, 3.05) is 12.4 Å². The van der Waals surface area contributed by atoms with Gasteiger partial charge in [-0.2, -0.15) is 0 Å². The second kappa shape index (κ2) is 8.26. The first-order chi connectivity index (χ1) is 14.1. The first kappa shape index (κ1) is 21.5. The third kappa shape index (κ3) is 4.84. The van der Waals surface area contributed by atoms with E-state index in [4.69, 9.17) is 9.47 Å². The summed E-state index contributed by atoms with van der Waals surface area (Å²) in [7, 11) is 1.57. The summed E-state index contributed by atoms with van der Waals surface area (Å²) in [5.41, 5.74) is 2.38. The van der Waals surface area contributed by atoms with Crippen LogP contribution in [0.1, 0.15) is 37.5 Å². The minimum absolute atomic E-state index is 0.166. The molecule has 30 heavy (non-hydrogen) atoms. The molecular weight excluding hydrogens is 384 g/mol. The molecule has 2 amide bonds. The Kier molecular flexibility index (Phi) is 5.92. The molecule has 0 bridgehead atoms. The molecule has 1 aliphatic heterocycles. The summed E-state index contributed by atoms with van der Waals surface area (Å²) in [5.74, 6) is 0.548. The third-order valence-corrected chi connectivity index (χ3v) is 4.94. The molecule has 7 nitrogen and oxygen atoms in total. The standard InChI is InChI=1S/C23H28N2O5/c1-14-10-15-11-19(21(27)24-17-6-8-18(29-5)9-7-17)25(13-16(15)12-20(14)26)22(28)30-23(2,3)4/h6-10,12,19,26H,11,13H2,1-5H3,(H,24,27). The average Bonchev–Trinajstić information content (AvgIpc) is 2.67. The van der Waals surface area contributed by atoms with Crippen LogP contribution < -0.4 is 10.1 Å². The van der Waals surface area contributed by atoms with Crippen LogP contribution in [0.4, 0.5) is 10.5 Å². The Bertz CT molecular complexity index is 947. The predicted octanol–water partition coefficient (Wildman–Crippen LogP) is 4.01.